The fourth-order valence-electron chi connectivity index (χ4n) is 2.55. The second-order valence-corrected chi connectivity index (χ2v) is 4.76. The number of methoxy groups -OCH3 is 1. The number of nitrogens with zero attached hydrogens (tertiary/aromatic N) is 1. The average molecular weight is 279 g/mol. The van der Waals surface area contributed by atoms with Crippen molar-refractivity contribution in [2.45, 2.75) is 12.1 Å². The van der Waals surface area contributed by atoms with Gasteiger partial charge in [-0.2, -0.15) is 0 Å². The number of rotatable bonds is 5. The highest BCUT2D eigenvalue weighted by molar-refractivity contribution is 5.80. The number of hydrogen-bond acceptors (Lipinski definition) is 5. The Morgan fingerprint density at radius 3 is 3.05 bits per heavy atom. The van der Waals surface area contributed by atoms with Crippen LogP contribution in [0.2, 0.25) is 0 Å². The van der Waals surface area contributed by atoms with Crippen molar-refractivity contribution >= 4 is 5.91 Å². The maximum atomic E-state index is 11.6. The maximum Gasteiger partial charge on any atom is 0.237 e. The SMILES string of the molecule is COc1cccc(C(CN)N2CCOCC2C(N)=O)c1. The Hall–Kier alpha value is -1.63. The van der Waals surface area contributed by atoms with E-state index >= 15 is 0 Å². The van der Waals surface area contributed by atoms with Gasteiger partial charge in [-0.05, 0) is 17.7 Å². The van der Waals surface area contributed by atoms with E-state index in [1.807, 2.05) is 29.2 Å². The predicted molar refractivity (Wildman–Crippen MR) is 75.3 cm³/mol. The largest absolute Gasteiger partial charge is 0.497 e. The van der Waals surface area contributed by atoms with E-state index in [2.05, 4.69) is 0 Å². The van der Waals surface area contributed by atoms with Gasteiger partial charge in [-0.25, -0.2) is 0 Å². The minimum atomic E-state index is -0.441. The lowest BCUT2D eigenvalue weighted by Crippen LogP contribution is -2.54. The molecule has 0 radical (unpaired) electrons. The van der Waals surface area contributed by atoms with Gasteiger partial charge in [0.2, 0.25) is 5.91 Å². The third kappa shape index (κ3) is 3.09. The Balaban J connectivity index is 2.27. The van der Waals surface area contributed by atoms with E-state index in [0.717, 1.165) is 11.3 Å². The van der Waals surface area contributed by atoms with Crippen LogP contribution in [0.3, 0.4) is 0 Å². The molecule has 1 amide bonds. The molecule has 1 heterocycles. The van der Waals surface area contributed by atoms with Crippen molar-refractivity contribution in [3.63, 3.8) is 0 Å². The summed E-state index contributed by atoms with van der Waals surface area (Å²) in [5, 5.41) is 0. The highest BCUT2D eigenvalue weighted by Gasteiger charge is 2.33. The maximum absolute atomic E-state index is 11.6. The number of nitrogens with two attached hydrogens (primary N) is 2. The summed E-state index contributed by atoms with van der Waals surface area (Å²) in [6.45, 7) is 1.92. The van der Waals surface area contributed by atoms with Gasteiger partial charge < -0.3 is 20.9 Å². The zero-order valence-electron chi connectivity index (χ0n) is 11.6. The number of amides is 1. The van der Waals surface area contributed by atoms with E-state index < -0.39 is 6.04 Å². The molecule has 6 nitrogen and oxygen atoms in total. The van der Waals surface area contributed by atoms with Crippen LogP contribution in [0.15, 0.2) is 24.3 Å². The lowest BCUT2D eigenvalue weighted by molar-refractivity contribution is -0.131. The third-order valence-corrected chi connectivity index (χ3v) is 3.60. The standard InChI is InChI=1S/C14H21N3O3/c1-19-11-4-2-3-10(7-11)12(8-15)17-5-6-20-9-13(17)14(16)18/h2-4,7,12-13H,5-6,8-9,15H2,1H3,(H2,16,18). The Morgan fingerprint density at radius 2 is 2.40 bits per heavy atom. The molecule has 6 heteroatoms. The van der Waals surface area contributed by atoms with E-state index in [1.165, 1.54) is 0 Å². The first-order valence-electron chi connectivity index (χ1n) is 6.64. The molecule has 2 rings (SSSR count). The first-order valence-corrected chi connectivity index (χ1v) is 6.64. The molecule has 4 N–H and O–H groups in total. The summed E-state index contributed by atoms with van der Waals surface area (Å²) >= 11 is 0. The van der Waals surface area contributed by atoms with E-state index in [-0.39, 0.29) is 11.9 Å². The molecule has 0 spiro atoms. The van der Waals surface area contributed by atoms with Crippen LogP contribution in [-0.4, -0.2) is 50.3 Å². The first-order chi connectivity index (χ1) is 9.67. The van der Waals surface area contributed by atoms with Crippen LogP contribution in [0.5, 0.6) is 5.75 Å². The van der Waals surface area contributed by atoms with Gasteiger partial charge >= 0.3 is 0 Å². The molecule has 0 saturated carbocycles. The molecule has 1 aromatic rings. The second-order valence-electron chi connectivity index (χ2n) is 4.76. The Morgan fingerprint density at radius 1 is 1.60 bits per heavy atom. The molecule has 0 aromatic heterocycles. The number of ether oxygens (including phenoxy) is 2. The van der Waals surface area contributed by atoms with Crippen LogP contribution in [0, 0.1) is 0 Å². The van der Waals surface area contributed by atoms with Gasteiger partial charge in [0.05, 0.1) is 20.3 Å². The number of carbonyl (C=O) groups is 1. The van der Waals surface area contributed by atoms with Gasteiger partial charge in [0.15, 0.2) is 0 Å². The van der Waals surface area contributed by atoms with Gasteiger partial charge in [0.1, 0.15) is 11.8 Å². The van der Waals surface area contributed by atoms with Crippen LogP contribution in [-0.2, 0) is 9.53 Å². The van der Waals surface area contributed by atoms with Crippen LogP contribution >= 0.6 is 0 Å². The summed E-state index contributed by atoms with van der Waals surface area (Å²) in [7, 11) is 1.62. The minimum Gasteiger partial charge on any atom is -0.497 e. The molecular formula is C14H21N3O3. The summed E-state index contributed by atoms with van der Waals surface area (Å²) in [6, 6.07) is 7.19. The molecule has 110 valence electrons. The van der Waals surface area contributed by atoms with Gasteiger partial charge in [-0.15, -0.1) is 0 Å². The van der Waals surface area contributed by atoms with Gasteiger partial charge in [-0.1, -0.05) is 12.1 Å². The van der Waals surface area contributed by atoms with E-state index in [4.69, 9.17) is 20.9 Å². The normalized spacial score (nSPS) is 21.4. The third-order valence-electron chi connectivity index (χ3n) is 3.60. The van der Waals surface area contributed by atoms with Crippen molar-refractivity contribution in [3.8, 4) is 5.75 Å². The smallest absolute Gasteiger partial charge is 0.237 e. The molecule has 0 bridgehead atoms. The molecule has 1 aliphatic rings. The van der Waals surface area contributed by atoms with Crippen LogP contribution in [0.1, 0.15) is 11.6 Å². The quantitative estimate of drug-likeness (QED) is 0.784. The number of benzene rings is 1. The minimum absolute atomic E-state index is 0.0773. The summed E-state index contributed by atoms with van der Waals surface area (Å²) in [5.41, 5.74) is 12.4. The fourth-order valence-corrected chi connectivity index (χ4v) is 2.55. The number of primary amides is 1. The van der Waals surface area contributed by atoms with E-state index in [0.29, 0.717) is 26.3 Å². The van der Waals surface area contributed by atoms with Crippen molar-refractivity contribution in [3.05, 3.63) is 29.8 Å². The molecule has 2 atom stereocenters. The Kier molecular flexibility index (Phi) is 4.94. The van der Waals surface area contributed by atoms with Crippen molar-refractivity contribution < 1.29 is 14.3 Å². The zero-order valence-corrected chi connectivity index (χ0v) is 11.6. The monoisotopic (exact) mass is 279 g/mol. The topological polar surface area (TPSA) is 90.8 Å². The summed E-state index contributed by atoms with van der Waals surface area (Å²) < 4.78 is 10.6. The molecule has 20 heavy (non-hydrogen) atoms. The van der Waals surface area contributed by atoms with E-state index in [9.17, 15) is 4.79 Å². The summed E-state index contributed by atoms with van der Waals surface area (Å²) in [6.07, 6.45) is 0. The van der Waals surface area contributed by atoms with Crippen molar-refractivity contribution in [1.82, 2.24) is 4.90 Å². The van der Waals surface area contributed by atoms with E-state index in [1.54, 1.807) is 7.11 Å². The Bertz CT molecular complexity index is 467. The molecule has 0 aliphatic carbocycles. The molecule has 1 aliphatic heterocycles. The van der Waals surface area contributed by atoms with Crippen molar-refractivity contribution in [2.24, 2.45) is 11.5 Å². The predicted octanol–water partition coefficient (Wildman–Crippen LogP) is -0.119. The number of hydrogen-bond donors (Lipinski definition) is 2. The first kappa shape index (κ1) is 14.8. The van der Waals surface area contributed by atoms with Crippen LogP contribution in [0.25, 0.3) is 0 Å². The number of morpholine rings is 1. The molecule has 2 unspecified atom stereocenters. The van der Waals surface area contributed by atoms with Crippen molar-refractivity contribution in [1.29, 1.82) is 0 Å². The number of carbonyl (C=O) groups excluding carboxylic acids is 1. The van der Waals surface area contributed by atoms with Crippen molar-refractivity contribution in [2.75, 3.05) is 33.4 Å². The zero-order chi connectivity index (χ0) is 14.5. The molecular weight excluding hydrogens is 258 g/mol. The average Bonchev–Trinajstić information content (AvgIpc) is 2.48. The lowest BCUT2D eigenvalue weighted by atomic mass is 10.0. The summed E-state index contributed by atoms with van der Waals surface area (Å²) in [4.78, 5) is 13.6. The lowest BCUT2D eigenvalue weighted by Gasteiger charge is -2.39. The van der Waals surface area contributed by atoms with Gasteiger partial charge in [0, 0.05) is 19.1 Å². The van der Waals surface area contributed by atoms with Gasteiger partial charge in [-0.3, -0.25) is 9.69 Å². The highest BCUT2D eigenvalue weighted by atomic mass is 16.5. The molecule has 1 saturated heterocycles. The van der Waals surface area contributed by atoms with Crippen LogP contribution in [0.4, 0.5) is 0 Å². The van der Waals surface area contributed by atoms with Crippen LogP contribution < -0.4 is 16.2 Å². The Labute approximate surface area is 118 Å². The second kappa shape index (κ2) is 6.69. The molecule has 1 fully saturated rings. The van der Waals surface area contributed by atoms with Gasteiger partial charge in [0.25, 0.3) is 0 Å². The summed E-state index contributed by atoms with van der Waals surface area (Å²) in [5.74, 6) is 0.385. The molecule has 1 aromatic carbocycles. The highest BCUT2D eigenvalue weighted by Crippen LogP contribution is 2.26. The fraction of sp³-hybridized carbons (Fsp3) is 0.500.